The first-order valence-electron chi connectivity index (χ1n) is 14.2. The maximum absolute atomic E-state index is 14.9. The van der Waals surface area contributed by atoms with Crippen molar-refractivity contribution in [3.8, 4) is 0 Å². The smallest absolute Gasteiger partial charge is 0.303 e. The summed E-state index contributed by atoms with van der Waals surface area (Å²) in [5.74, 6) is -5.30. The molecule has 0 amide bonds. The van der Waals surface area contributed by atoms with E-state index in [9.17, 15) is 34.5 Å². The SMILES string of the molecule is CC(=O)O[C@@H]1C[C@H](O)[C@@]23COC(O)[C@@]1(C)[C@@H]2C[C@@H](O)[C@@]1(C)[C@H]2C(=O)C[C@H](c4ccoc4)[C@@]2(C)[C@@H](OC(C)=O)C(=O)[C@@H]13. The van der Waals surface area contributed by atoms with Crippen LogP contribution in [0.3, 0.4) is 0 Å². The Labute approximate surface area is 237 Å². The van der Waals surface area contributed by atoms with Crippen LogP contribution in [0.2, 0.25) is 0 Å². The van der Waals surface area contributed by atoms with E-state index >= 15 is 0 Å². The summed E-state index contributed by atoms with van der Waals surface area (Å²) in [5, 5.41) is 35.1. The quantitative estimate of drug-likeness (QED) is 0.447. The van der Waals surface area contributed by atoms with Crippen LogP contribution in [0.4, 0.5) is 0 Å². The Morgan fingerprint density at radius 3 is 2.22 bits per heavy atom. The molecule has 0 aromatic carbocycles. The van der Waals surface area contributed by atoms with Crippen molar-refractivity contribution in [1.82, 2.24) is 0 Å². The van der Waals surface area contributed by atoms with Crippen LogP contribution in [-0.2, 0) is 33.4 Å². The molecular formula is C30H38O11. The van der Waals surface area contributed by atoms with Crippen molar-refractivity contribution >= 4 is 23.5 Å². The normalized spacial score (nSPS) is 50.4. The molecule has 2 bridgehead atoms. The lowest BCUT2D eigenvalue weighted by molar-refractivity contribution is -0.371. The standard InChI is InChI=1S/C30H38O11/c1-13(31)40-21-10-20(35)30-12-39-26(37)28(21,4)18(30)9-19(34)29(5)23-17(33)8-16(15-6-7-38-11-15)27(23,3)25(41-14(2)32)22(36)24(29)30/h6-7,11,16,18-21,23-26,34-35,37H,8-10,12H2,1-5H3/t16-,18+,19-,20+,21-,23+,24+,25+,26?,27-,28+,29+,30-/m1/s1. The van der Waals surface area contributed by atoms with Crippen molar-refractivity contribution in [1.29, 1.82) is 0 Å². The molecule has 3 N–H and O–H groups in total. The summed E-state index contributed by atoms with van der Waals surface area (Å²) in [5.41, 5.74) is -4.52. The molecule has 224 valence electrons. The number of aliphatic hydroxyl groups excluding tert-OH is 3. The van der Waals surface area contributed by atoms with Gasteiger partial charge in [0.15, 0.2) is 18.2 Å². The number of fused-ring (bicyclic) bond motifs is 3. The summed E-state index contributed by atoms with van der Waals surface area (Å²) in [4.78, 5) is 53.5. The molecule has 1 aromatic rings. The van der Waals surface area contributed by atoms with Gasteiger partial charge in [-0.3, -0.25) is 19.2 Å². The Morgan fingerprint density at radius 2 is 1.61 bits per heavy atom. The number of ether oxygens (including phenoxy) is 3. The first-order valence-corrected chi connectivity index (χ1v) is 14.2. The molecule has 13 atom stereocenters. The van der Waals surface area contributed by atoms with E-state index in [1.54, 1.807) is 26.8 Å². The lowest BCUT2D eigenvalue weighted by atomic mass is 9.33. The zero-order valence-corrected chi connectivity index (χ0v) is 23.9. The van der Waals surface area contributed by atoms with E-state index in [-0.39, 0.29) is 31.7 Å². The second kappa shape index (κ2) is 8.95. The highest BCUT2D eigenvalue weighted by molar-refractivity contribution is 5.97. The number of hydrogen-bond donors (Lipinski definition) is 3. The van der Waals surface area contributed by atoms with E-state index in [1.165, 1.54) is 26.4 Å². The van der Waals surface area contributed by atoms with Gasteiger partial charge in [0.05, 0.1) is 36.8 Å². The van der Waals surface area contributed by atoms with Crippen molar-refractivity contribution in [3.63, 3.8) is 0 Å². The van der Waals surface area contributed by atoms with E-state index in [0.29, 0.717) is 5.56 Å². The zero-order chi connectivity index (χ0) is 29.9. The fourth-order valence-corrected chi connectivity index (χ4v) is 10.3. The predicted molar refractivity (Wildman–Crippen MR) is 138 cm³/mol. The van der Waals surface area contributed by atoms with Crippen molar-refractivity contribution < 1.29 is 53.1 Å². The highest BCUT2D eigenvalue weighted by atomic mass is 16.6. The van der Waals surface area contributed by atoms with Crippen LogP contribution in [0.15, 0.2) is 23.0 Å². The summed E-state index contributed by atoms with van der Waals surface area (Å²) in [7, 11) is 0. The fraction of sp³-hybridized carbons (Fsp3) is 0.733. The van der Waals surface area contributed by atoms with Gasteiger partial charge in [-0.15, -0.1) is 0 Å². The summed E-state index contributed by atoms with van der Waals surface area (Å²) >= 11 is 0. The van der Waals surface area contributed by atoms with Gasteiger partial charge in [0.2, 0.25) is 0 Å². The second-order valence-electron chi connectivity index (χ2n) is 13.6. The summed E-state index contributed by atoms with van der Waals surface area (Å²) < 4.78 is 22.6. The molecule has 11 nitrogen and oxygen atoms in total. The van der Waals surface area contributed by atoms with Crippen LogP contribution in [0, 0.1) is 39.4 Å². The van der Waals surface area contributed by atoms with Gasteiger partial charge < -0.3 is 33.9 Å². The minimum Gasteiger partial charge on any atom is -0.472 e. The van der Waals surface area contributed by atoms with Crippen molar-refractivity contribution in [2.45, 2.75) is 90.5 Å². The number of esters is 2. The summed E-state index contributed by atoms with van der Waals surface area (Å²) in [6.45, 7) is 7.39. The molecule has 11 heteroatoms. The highest BCUT2D eigenvalue weighted by Crippen LogP contribution is 2.75. The van der Waals surface area contributed by atoms with E-state index in [4.69, 9.17) is 18.6 Å². The Kier molecular flexibility index (Phi) is 6.23. The zero-order valence-electron chi connectivity index (χ0n) is 23.9. The van der Waals surface area contributed by atoms with E-state index < -0.39 is 93.8 Å². The third-order valence-corrected chi connectivity index (χ3v) is 11.9. The Bertz CT molecular complexity index is 1290. The number of carbonyl (C=O) groups excluding carboxylic acids is 4. The van der Waals surface area contributed by atoms with E-state index in [1.807, 2.05) is 0 Å². The Morgan fingerprint density at radius 1 is 0.927 bits per heavy atom. The maximum Gasteiger partial charge on any atom is 0.303 e. The van der Waals surface area contributed by atoms with Crippen molar-refractivity contribution in [3.05, 3.63) is 24.2 Å². The fourth-order valence-electron chi connectivity index (χ4n) is 10.3. The van der Waals surface area contributed by atoms with Gasteiger partial charge in [-0.25, -0.2) is 0 Å². The van der Waals surface area contributed by atoms with Gasteiger partial charge in [-0.05, 0) is 24.0 Å². The van der Waals surface area contributed by atoms with Crippen molar-refractivity contribution in [2.75, 3.05) is 6.61 Å². The molecular weight excluding hydrogens is 536 g/mol. The molecule has 41 heavy (non-hydrogen) atoms. The molecule has 0 radical (unpaired) electrons. The largest absolute Gasteiger partial charge is 0.472 e. The number of carbonyl (C=O) groups is 4. The summed E-state index contributed by atoms with van der Waals surface area (Å²) in [6.07, 6.45) is -3.16. The highest BCUT2D eigenvalue weighted by Gasteiger charge is 2.82. The van der Waals surface area contributed by atoms with Crippen LogP contribution in [0.1, 0.15) is 65.4 Å². The van der Waals surface area contributed by atoms with E-state index in [2.05, 4.69) is 0 Å². The van der Waals surface area contributed by atoms with Gasteiger partial charge in [0.1, 0.15) is 11.9 Å². The lowest BCUT2D eigenvalue weighted by Crippen LogP contribution is -2.80. The van der Waals surface area contributed by atoms with Crippen LogP contribution < -0.4 is 0 Å². The second-order valence-corrected chi connectivity index (χ2v) is 13.6. The number of hydrogen-bond acceptors (Lipinski definition) is 11. The van der Waals surface area contributed by atoms with Crippen LogP contribution in [0.25, 0.3) is 0 Å². The molecule has 6 rings (SSSR count). The predicted octanol–water partition coefficient (Wildman–Crippen LogP) is 1.51. The number of rotatable bonds is 3. The third kappa shape index (κ3) is 3.34. The Hall–Kier alpha value is -2.60. The molecule has 5 fully saturated rings. The number of furan rings is 1. The van der Waals surface area contributed by atoms with Gasteiger partial charge in [0.25, 0.3) is 0 Å². The average molecular weight is 575 g/mol. The maximum atomic E-state index is 14.9. The van der Waals surface area contributed by atoms with Gasteiger partial charge in [-0.1, -0.05) is 20.8 Å². The van der Waals surface area contributed by atoms with E-state index in [0.717, 1.165) is 0 Å². The van der Waals surface area contributed by atoms with Gasteiger partial charge >= 0.3 is 11.9 Å². The van der Waals surface area contributed by atoms with Crippen LogP contribution >= 0.6 is 0 Å². The molecule has 4 aliphatic carbocycles. The first kappa shape index (κ1) is 28.5. The van der Waals surface area contributed by atoms with Crippen LogP contribution in [-0.4, -0.2) is 76.1 Å². The first-order chi connectivity index (χ1) is 19.2. The molecule has 5 aliphatic rings. The Balaban J connectivity index is 1.57. The van der Waals surface area contributed by atoms with Crippen LogP contribution in [0.5, 0.6) is 0 Å². The molecule has 1 aliphatic heterocycles. The molecule has 0 spiro atoms. The number of Topliss-reactive ketones (excluding diaryl/α,β-unsaturated/α-hetero) is 2. The molecule has 2 heterocycles. The molecule has 1 unspecified atom stereocenters. The average Bonchev–Trinajstić information content (AvgIpc) is 3.50. The van der Waals surface area contributed by atoms with Gasteiger partial charge in [-0.2, -0.15) is 0 Å². The third-order valence-electron chi connectivity index (χ3n) is 11.9. The number of ketones is 2. The van der Waals surface area contributed by atoms with Crippen molar-refractivity contribution in [2.24, 2.45) is 39.4 Å². The molecule has 1 saturated heterocycles. The monoisotopic (exact) mass is 574 g/mol. The molecule has 1 aromatic heterocycles. The summed E-state index contributed by atoms with van der Waals surface area (Å²) in [6, 6.07) is 1.73. The molecule has 4 saturated carbocycles. The number of aliphatic hydroxyl groups is 3. The lowest BCUT2D eigenvalue weighted by Gasteiger charge is -2.72. The topological polar surface area (TPSA) is 170 Å². The minimum absolute atomic E-state index is 0.0283. The van der Waals surface area contributed by atoms with Gasteiger partial charge in [0, 0.05) is 60.7 Å². The minimum atomic E-state index is -1.40.